The Hall–Kier alpha value is -0.830. The van der Waals surface area contributed by atoms with Gasteiger partial charge in [0, 0.05) is 5.69 Å². The van der Waals surface area contributed by atoms with Gasteiger partial charge in [0.15, 0.2) is 0 Å². The highest BCUT2D eigenvalue weighted by molar-refractivity contribution is 5.23. The molecule has 3 unspecified atom stereocenters. The Balaban J connectivity index is 2.40. The first-order valence-corrected chi connectivity index (χ1v) is 7.42. The standard InChI is InChI=1S/C16H28N2O/c1-10-11(2)17-18(12(10)3)15-9-13(19)7-8-14(15)16(4,5)6/h13-15,19H,7-9H2,1-6H3. The van der Waals surface area contributed by atoms with Crippen LogP contribution >= 0.6 is 0 Å². The SMILES string of the molecule is Cc1nn(C2CC(O)CCC2C(C)(C)C)c(C)c1C. The first-order chi connectivity index (χ1) is 8.71. The van der Waals surface area contributed by atoms with Crippen LogP contribution in [0.3, 0.4) is 0 Å². The summed E-state index contributed by atoms with van der Waals surface area (Å²) in [4.78, 5) is 0. The summed E-state index contributed by atoms with van der Waals surface area (Å²) in [6.45, 7) is 13.3. The van der Waals surface area contributed by atoms with Gasteiger partial charge in [0.05, 0.1) is 17.8 Å². The molecule has 1 fully saturated rings. The van der Waals surface area contributed by atoms with Gasteiger partial charge in [-0.05, 0) is 56.9 Å². The van der Waals surface area contributed by atoms with Crippen molar-refractivity contribution in [3.8, 4) is 0 Å². The summed E-state index contributed by atoms with van der Waals surface area (Å²) in [7, 11) is 0. The topological polar surface area (TPSA) is 38.0 Å². The number of rotatable bonds is 1. The minimum atomic E-state index is -0.173. The van der Waals surface area contributed by atoms with E-state index in [1.807, 2.05) is 0 Å². The van der Waals surface area contributed by atoms with Gasteiger partial charge in [0.25, 0.3) is 0 Å². The van der Waals surface area contributed by atoms with E-state index in [1.165, 1.54) is 11.3 Å². The quantitative estimate of drug-likeness (QED) is 0.842. The van der Waals surface area contributed by atoms with Gasteiger partial charge < -0.3 is 5.11 Å². The molecule has 0 bridgehead atoms. The molecule has 0 aromatic carbocycles. The summed E-state index contributed by atoms with van der Waals surface area (Å²) in [6.07, 6.45) is 2.68. The minimum Gasteiger partial charge on any atom is -0.393 e. The maximum absolute atomic E-state index is 10.1. The zero-order valence-electron chi connectivity index (χ0n) is 13.2. The van der Waals surface area contributed by atoms with Crippen LogP contribution in [0.1, 0.15) is 63.0 Å². The van der Waals surface area contributed by atoms with Crippen LogP contribution < -0.4 is 0 Å². The maximum Gasteiger partial charge on any atom is 0.0625 e. The highest BCUT2D eigenvalue weighted by Gasteiger charge is 2.39. The second-order valence-corrected chi connectivity index (χ2v) is 7.25. The van der Waals surface area contributed by atoms with E-state index in [0.717, 1.165) is 25.0 Å². The Kier molecular flexibility index (Phi) is 3.78. The number of aromatic nitrogens is 2. The summed E-state index contributed by atoms with van der Waals surface area (Å²) in [5.74, 6) is 0.577. The van der Waals surface area contributed by atoms with Crippen LogP contribution in [-0.2, 0) is 0 Å². The van der Waals surface area contributed by atoms with Gasteiger partial charge in [0.1, 0.15) is 0 Å². The van der Waals surface area contributed by atoms with E-state index in [1.54, 1.807) is 0 Å². The van der Waals surface area contributed by atoms with E-state index in [9.17, 15) is 5.11 Å². The van der Waals surface area contributed by atoms with Crippen molar-refractivity contribution in [2.75, 3.05) is 0 Å². The summed E-state index contributed by atoms with van der Waals surface area (Å²) in [5, 5.41) is 14.8. The number of aliphatic hydroxyl groups excluding tert-OH is 1. The highest BCUT2D eigenvalue weighted by atomic mass is 16.3. The number of aryl methyl sites for hydroxylation is 1. The summed E-state index contributed by atoms with van der Waals surface area (Å²) < 4.78 is 2.18. The van der Waals surface area contributed by atoms with E-state index in [4.69, 9.17) is 5.10 Å². The van der Waals surface area contributed by atoms with Crippen LogP contribution in [0.4, 0.5) is 0 Å². The third kappa shape index (κ3) is 2.71. The molecular weight excluding hydrogens is 236 g/mol. The van der Waals surface area contributed by atoms with Crippen LogP contribution in [0, 0.1) is 32.1 Å². The fourth-order valence-corrected chi connectivity index (χ4v) is 3.47. The molecule has 1 aliphatic rings. The molecule has 3 heteroatoms. The Bertz CT molecular complexity index is 456. The van der Waals surface area contributed by atoms with Crippen molar-refractivity contribution in [1.29, 1.82) is 0 Å². The van der Waals surface area contributed by atoms with Crippen LogP contribution in [0.25, 0.3) is 0 Å². The van der Waals surface area contributed by atoms with Gasteiger partial charge in [-0.1, -0.05) is 20.8 Å². The number of nitrogens with zero attached hydrogens (tertiary/aromatic N) is 2. The summed E-state index contributed by atoms with van der Waals surface area (Å²) in [6, 6.07) is 0.330. The molecule has 108 valence electrons. The first-order valence-electron chi connectivity index (χ1n) is 7.42. The van der Waals surface area contributed by atoms with Crippen molar-refractivity contribution in [2.24, 2.45) is 11.3 Å². The van der Waals surface area contributed by atoms with E-state index in [-0.39, 0.29) is 11.5 Å². The third-order valence-corrected chi connectivity index (χ3v) is 4.90. The van der Waals surface area contributed by atoms with Crippen molar-refractivity contribution in [2.45, 2.75) is 73.0 Å². The predicted molar refractivity (Wildman–Crippen MR) is 78.3 cm³/mol. The highest BCUT2D eigenvalue weighted by Crippen LogP contribution is 2.44. The average molecular weight is 264 g/mol. The van der Waals surface area contributed by atoms with Gasteiger partial charge in [-0.15, -0.1) is 0 Å². The largest absolute Gasteiger partial charge is 0.393 e. The molecule has 1 aliphatic carbocycles. The zero-order valence-corrected chi connectivity index (χ0v) is 13.2. The maximum atomic E-state index is 10.1. The molecule has 0 radical (unpaired) electrons. The van der Waals surface area contributed by atoms with Crippen molar-refractivity contribution in [3.63, 3.8) is 0 Å². The summed E-state index contributed by atoms with van der Waals surface area (Å²) >= 11 is 0. The molecule has 0 spiro atoms. The number of hydrogen-bond donors (Lipinski definition) is 1. The molecule has 1 saturated carbocycles. The van der Waals surface area contributed by atoms with Gasteiger partial charge in [-0.2, -0.15) is 5.10 Å². The minimum absolute atomic E-state index is 0.173. The molecule has 1 aromatic rings. The van der Waals surface area contributed by atoms with Crippen LogP contribution in [0.5, 0.6) is 0 Å². The average Bonchev–Trinajstić information content (AvgIpc) is 2.55. The van der Waals surface area contributed by atoms with E-state index >= 15 is 0 Å². The van der Waals surface area contributed by atoms with Crippen LogP contribution in [-0.4, -0.2) is 21.0 Å². The third-order valence-electron chi connectivity index (χ3n) is 4.90. The molecular formula is C16H28N2O. The van der Waals surface area contributed by atoms with Crippen molar-refractivity contribution >= 4 is 0 Å². The Morgan fingerprint density at radius 1 is 1.16 bits per heavy atom. The van der Waals surface area contributed by atoms with Gasteiger partial charge in [-0.25, -0.2) is 0 Å². The second-order valence-electron chi connectivity index (χ2n) is 7.25. The molecule has 0 amide bonds. The van der Waals surface area contributed by atoms with Crippen molar-refractivity contribution in [3.05, 3.63) is 17.0 Å². The molecule has 1 aromatic heterocycles. The fourth-order valence-electron chi connectivity index (χ4n) is 3.47. The van der Waals surface area contributed by atoms with Gasteiger partial charge >= 0.3 is 0 Å². The molecule has 19 heavy (non-hydrogen) atoms. The molecule has 0 aliphatic heterocycles. The Morgan fingerprint density at radius 3 is 2.26 bits per heavy atom. The Labute approximate surface area is 117 Å². The van der Waals surface area contributed by atoms with E-state index in [2.05, 4.69) is 46.2 Å². The molecule has 0 saturated heterocycles. The summed E-state index contributed by atoms with van der Waals surface area (Å²) in [5.41, 5.74) is 3.91. The van der Waals surface area contributed by atoms with Gasteiger partial charge in [0.2, 0.25) is 0 Å². The lowest BCUT2D eigenvalue weighted by atomic mass is 9.69. The normalized spacial score (nSPS) is 28.7. The predicted octanol–water partition coefficient (Wildman–Crippen LogP) is 3.56. The molecule has 1 heterocycles. The van der Waals surface area contributed by atoms with Gasteiger partial charge in [-0.3, -0.25) is 4.68 Å². The molecule has 1 N–H and O–H groups in total. The smallest absolute Gasteiger partial charge is 0.0625 e. The fraction of sp³-hybridized carbons (Fsp3) is 0.812. The first kappa shape index (κ1) is 14.6. The lowest BCUT2D eigenvalue weighted by molar-refractivity contribution is 0.0245. The lowest BCUT2D eigenvalue weighted by Crippen LogP contribution is -2.38. The second kappa shape index (κ2) is 4.93. The van der Waals surface area contributed by atoms with E-state index in [0.29, 0.717) is 12.0 Å². The molecule has 2 rings (SSSR count). The van der Waals surface area contributed by atoms with Crippen molar-refractivity contribution in [1.82, 2.24) is 9.78 Å². The Morgan fingerprint density at radius 2 is 1.79 bits per heavy atom. The van der Waals surface area contributed by atoms with Crippen LogP contribution in [0.2, 0.25) is 0 Å². The monoisotopic (exact) mass is 264 g/mol. The lowest BCUT2D eigenvalue weighted by Gasteiger charge is -2.42. The van der Waals surface area contributed by atoms with E-state index < -0.39 is 0 Å². The number of hydrogen-bond acceptors (Lipinski definition) is 2. The molecule has 3 nitrogen and oxygen atoms in total. The van der Waals surface area contributed by atoms with Crippen LogP contribution in [0.15, 0.2) is 0 Å². The van der Waals surface area contributed by atoms with Crippen molar-refractivity contribution < 1.29 is 5.11 Å². The molecule has 3 atom stereocenters. The number of aliphatic hydroxyl groups is 1. The zero-order chi connectivity index (χ0) is 14.4.